The maximum atomic E-state index is 13.2. The topological polar surface area (TPSA) is 119 Å². The van der Waals surface area contributed by atoms with Gasteiger partial charge in [-0.25, -0.2) is 4.39 Å². The molecule has 9 nitrogen and oxygen atoms in total. The summed E-state index contributed by atoms with van der Waals surface area (Å²) in [4.78, 5) is 48.3. The quantitative estimate of drug-likeness (QED) is 0.411. The molecule has 0 radical (unpaired) electrons. The summed E-state index contributed by atoms with van der Waals surface area (Å²) in [5.41, 5.74) is 0.966. The van der Waals surface area contributed by atoms with Gasteiger partial charge in [-0.1, -0.05) is 19.1 Å². The average Bonchev–Trinajstić information content (AvgIpc) is 3.15. The number of esters is 1. The number of benzene rings is 2. The number of carbonyl (C=O) groups excluding carboxylic acids is 3. The first-order valence-corrected chi connectivity index (χ1v) is 9.58. The Hall–Kier alpha value is -3.82. The number of halogens is 1. The van der Waals surface area contributed by atoms with Crippen molar-refractivity contribution in [1.82, 2.24) is 0 Å². The summed E-state index contributed by atoms with van der Waals surface area (Å²) in [5, 5.41) is 13.2. The summed E-state index contributed by atoms with van der Waals surface area (Å²) < 4.78 is 18.2. The number of nitro benzene ring substituents is 1. The van der Waals surface area contributed by atoms with E-state index in [1.54, 1.807) is 0 Å². The summed E-state index contributed by atoms with van der Waals surface area (Å²) in [7, 11) is 0. The maximum Gasteiger partial charge on any atom is 0.311 e. The van der Waals surface area contributed by atoms with E-state index in [0.29, 0.717) is 11.8 Å². The van der Waals surface area contributed by atoms with Gasteiger partial charge in [0, 0.05) is 18.7 Å². The Kier molecular flexibility index (Phi) is 6.58. The number of nitrogens with one attached hydrogen (secondary N) is 1. The maximum absolute atomic E-state index is 13.2. The molecule has 31 heavy (non-hydrogen) atoms. The van der Waals surface area contributed by atoms with Crippen LogP contribution in [0.1, 0.15) is 18.9 Å². The van der Waals surface area contributed by atoms with Gasteiger partial charge in [0.1, 0.15) is 11.5 Å². The summed E-state index contributed by atoms with van der Waals surface area (Å²) in [5.74, 6) is -3.32. The van der Waals surface area contributed by atoms with E-state index in [4.69, 9.17) is 4.74 Å². The van der Waals surface area contributed by atoms with Gasteiger partial charge in [0.05, 0.1) is 16.9 Å². The van der Waals surface area contributed by atoms with Crippen molar-refractivity contribution in [3.8, 4) is 0 Å². The predicted octanol–water partition coefficient (Wildman–Crippen LogP) is 2.83. The van der Waals surface area contributed by atoms with Gasteiger partial charge in [-0.05, 0) is 36.2 Å². The molecule has 1 aliphatic rings. The number of anilines is 2. The normalized spacial score (nSPS) is 15.6. The summed E-state index contributed by atoms with van der Waals surface area (Å²) in [6, 6.07) is 10.1. The molecule has 0 unspecified atom stereocenters. The smallest absolute Gasteiger partial charge is 0.311 e. The van der Waals surface area contributed by atoms with Crippen LogP contribution in [0.15, 0.2) is 42.5 Å². The van der Waals surface area contributed by atoms with Crippen molar-refractivity contribution in [3.63, 3.8) is 0 Å². The zero-order valence-electron chi connectivity index (χ0n) is 16.7. The number of carbonyl (C=O) groups is 3. The molecule has 1 N–H and O–H groups in total. The zero-order chi connectivity index (χ0) is 22.5. The first kappa shape index (κ1) is 21.9. The fraction of sp³-hybridized carbons (Fsp3) is 0.286. The molecule has 0 saturated carbocycles. The summed E-state index contributed by atoms with van der Waals surface area (Å²) in [6.07, 6.45) is 0.825. The molecule has 2 aromatic carbocycles. The predicted molar refractivity (Wildman–Crippen MR) is 109 cm³/mol. The molecule has 0 spiro atoms. The highest BCUT2D eigenvalue weighted by Gasteiger charge is 2.36. The summed E-state index contributed by atoms with van der Waals surface area (Å²) >= 11 is 0. The van der Waals surface area contributed by atoms with Gasteiger partial charge >= 0.3 is 5.97 Å². The summed E-state index contributed by atoms with van der Waals surface area (Å²) in [6.45, 7) is 1.46. The zero-order valence-corrected chi connectivity index (χ0v) is 16.7. The molecule has 3 rings (SSSR count). The highest BCUT2D eigenvalue weighted by atomic mass is 19.1. The number of hydrogen-bond acceptors (Lipinski definition) is 6. The molecule has 0 aliphatic carbocycles. The van der Waals surface area contributed by atoms with Gasteiger partial charge in [-0.15, -0.1) is 0 Å². The van der Waals surface area contributed by atoms with Crippen LogP contribution in [-0.2, 0) is 25.5 Å². The largest absolute Gasteiger partial charge is 0.455 e. The van der Waals surface area contributed by atoms with Gasteiger partial charge in [-0.3, -0.25) is 24.5 Å². The second-order valence-corrected chi connectivity index (χ2v) is 7.00. The molecule has 2 aromatic rings. The Bertz CT molecular complexity index is 1020. The van der Waals surface area contributed by atoms with E-state index in [2.05, 4.69) is 5.32 Å². The van der Waals surface area contributed by atoms with Crippen LogP contribution in [0.2, 0.25) is 0 Å². The number of hydrogen-bond donors (Lipinski definition) is 1. The lowest BCUT2D eigenvalue weighted by atomic mass is 10.1. The van der Waals surface area contributed by atoms with Crippen LogP contribution in [0, 0.1) is 21.8 Å². The number of rotatable bonds is 7. The second kappa shape index (κ2) is 9.33. The van der Waals surface area contributed by atoms with Gasteiger partial charge in [0.2, 0.25) is 5.91 Å². The third kappa shape index (κ3) is 5.21. The number of nitrogens with zero attached hydrogens (tertiary/aromatic N) is 2. The van der Waals surface area contributed by atoms with E-state index in [9.17, 15) is 28.9 Å². The van der Waals surface area contributed by atoms with Crippen LogP contribution in [0.4, 0.5) is 21.5 Å². The van der Waals surface area contributed by atoms with Gasteiger partial charge in [-0.2, -0.15) is 0 Å². The molecule has 0 bridgehead atoms. The first-order chi connectivity index (χ1) is 14.8. The van der Waals surface area contributed by atoms with Crippen LogP contribution < -0.4 is 10.2 Å². The monoisotopic (exact) mass is 429 g/mol. The number of amides is 2. The highest BCUT2D eigenvalue weighted by Crippen LogP contribution is 2.27. The molecule has 10 heteroatoms. The third-order valence-electron chi connectivity index (χ3n) is 4.89. The molecular formula is C21H20FN3O6. The molecule has 1 heterocycles. The van der Waals surface area contributed by atoms with E-state index >= 15 is 0 Å². The molecule has 1 fully saturated rings. The molecule has 1 atom stereocenters. The molecule has 1 aliphatic heterocycles. The minimum absolute atomic E-state index is 0.0422. The first-order valence-electron chi connectivity index (χ1n) is 9.58. The van der Waals surface area contributed by atoms with Crippen molar-refractivity contribution < 1.29 is 28.4 Å². The van der Waals surface area contributed by atoms with E-state index in [0.717, 1.165) is 24.1 Å². The minimum Gasteiger partial charge on any atom is -0.455 e. The Morgan fingerprint density at radius 2 is 1.97 bits per heavy atom. The van der Waals surface area contributed by atoms with E-state index < -0.39 is 40.8 Å². The van der Waals surface area contributed by atoms with E-state index in [1.165, 1.54) is 4.90 Å². The van der Waals surface area contributed by atoms with Crippen molar-refractivity contribution in [2.24, 2.45) is 5.92 Å². The highest BCUT2D eigenvalue weighted by molar-refractivity contribution is 6.00. The lowest BCUT2D eigenvalue weighted by Crippen LogP contribution is -2.28. The van der Waals surface area contributed by atoms with Crippen molar-refractivity contribution in [2.45, 2.75) is 19.8 Å². The van der Waals surface area contributed by atoms with Crippen LogP contribution >= 0.6 is 0 Å². The molecule has 1 saturated heterocycles. The molecule has 0 aromatic heterocycles. The van der Waals surface area contributed by atoms with Crippen LogP contribution in [0.3, 0.4) is 0 Å². The average molecular weight is 429 g/mol. The number of nitro groups is 1. The van der Waals surface area contributed by atoms with Crippen molar-refractivity contribution in [2.75, 3.05) is 23.4 Å². The lowest BCUT2D eigenvalue weighted by molar-refractivity contribution is -0.384. The van der Waals surface area contributed by atoms with Crippen molar-refractivity contribution >= 4 is 34.8 Å². The fourth-order valence-electron chi connectivity index (χ4n) is 3.23. The lowest BCUT2D eigenvalue weighted by Gasteiger charge is -2.17. The van der Waals surface area contributed by atoms with Crippen LogP contribution in [0.5, 0.6) is 0 Å². The van der Waals surface area contributed by atoms with Crippen molar-refractivity contribution in [1.29, 1.82) is 0 Å². The Morgan fingerprint density at radius 1 is 1.26 bits per heavy atom. The van der Waals surface area contributed by atoms with E-state index in [1.807, 2.05) is 31.2 Å². The fourth-order valence-corrected chi connectivity index (χ4v) is 3.23. The Balaban J connectivity index is 1.55. The molecular weight excluding hydrogens is 409 g/mol. The standard InChI is InChI=1S/C21H20FN3O6/c1-2-13-3-6-16(7-4-13)24-11-14(9-20(24)27)21(28)31-12-19(26)23-17-8-5-15(22)10-18(17)25(29)30/h3-8,10,14H,2,9,11-12H2,1H3,(H,23,26)/t14-/m1/s1. The SMILES string of the molecule is CCc1ccc(N2C[C@H](C(=O)OCC(=O)Nc3ccc(F)cc3[N+](=O)[O-])CC2=O)cc1. The minimum atomic E-state index is -0.837. The third-order valence-corrected chi connectivity index (χ3v) is 4.89. The second-order valence-electron chi connectivity index (χ2n) is 7.00. The van der Waals surface area contributed by atoms with Gasteiger partial charge < -0.3 is 15.0 Å². The van der Waals surface area contributed by atoms with E-state index in [-0.39, 0.29) is 24.6 Å². The molecule has 162 valence electrons. The van der Waals surface area contributed by atoms with Crippen molar-refractivity contribution in [3.05, 3.63) is 64.0 Å². The van der Waals surface area contributed by atoms with Crippen LogP contribution in [-0.4, -0.2) is 35.9 Å². The number of aryl methyl sites for hydroxylation is 1. The van der Waals surface area contributed by atoms with Crippen LogP contribution in [0.25, 0.3) is 0 Å². The van der Waals surface area contributed by atoms with Gasteiger partial charge in [0.15, 0.2) is 6.61 Å². The molecule has 2 amide bonds. The Labute approximate surface area is 176 Å². The Morgan fingerprint density at radius 3 is 2.61 bits per heavy atom. The van der Waals surface area contributed by atoms with Gasteiger partial charge in [0.25, 0.3) is 11.6 Å². The number of ether oxygens (including phenoxy) is 1.